The molecule has 0 aromatic heterocycles. The number of ether oxygens (including phenoxy) is 3. The van der Waals surface area contributed by atoms with Crippen LogP contribution in [0.15, 0.2) is 12.1 Å². The Balaban J connectivity index is 2.41. The van der Waals surface area contributed by atoms with Crippen LogP contribution in [0.2, 0.25) is 0 Å². The molecule has 1 heterocycles. The van der Waals surface area contributed by atoms with Crippen LogP contribution in [-0.4, -0.2) is 33.6 Å². The molecule has 1 saturated heterocycles. The monoisotopic (exact) mass is 255 g/mol. The molecular weight excluding hydrogens is 238 g/mol. The van der Waals surface area contributed by atoms with Crippen molar-refractivity contribution in [2.45, 2.75) is 5.37 Å². The first kappa shape index (κ1) is 12.4. The van der Waals surface area contributed by atoms with E-state index in [1.54, 1.807) is 21.3 Å². The van der Waals surface area contributed by atoms with Crippen molar-refractivity contribution in [3.63, 3.8) is 0 Å². The highest BCUT2D eigenvalue weighted by molar-refractivity contribution is 7.99. The minimum absolute atomic E-state index is 0.268. The van der Waals surface area contributed by atoms with Gasteiger partial charge in [-0.15, -0.1) is 11.8 Å². The Hall–Kier alpha value is -1.07. The number of hydrogen-bond donors (Lipinski definition) is 1. The molecule has 17 heavy (non-hydrogen) atoms. The number of methoxy groups -OCH3 is 3. The summed E-state index contributed by atoms with van der Waals surface area (Å²) in [5.74, 6) is 3.37. The van der Waals surface area contributed by atoms with E-state index in [1.165, 1.54) is 0 Å². The van der Waals surface area contributed by atoms with Crippen molar-refractivity contribution in [2.24, 2.45) is 0 Å². The maximum atomic E-state index is 5.41. The molecule has 1 aliphatic rings. The van der Waals surface area contributed by atoms with Crippen LogP contribution < -0.4 is 19.5 Å². The molecule has 0 bridgehead atoms. The average molecular weight is 255 g/mol. The van der Waals surface area contributed by atoms with Gasteiger partial charge in [-0.05, 0) is 6.07 Å². The summed E-state index contributed by atoms with van der Waals surface area (Å²) in [5.41, 5.74) is 1.10. The molecule has 5 heteroatoms. The number of nitrogens with one attached hydrogen (secondary N) is 1. The molecule has 0 unspecified atom stereocenters. The molecule has 1 N–H and O–H groups in total. The van der Waals surface area contributed by atoms with Gasteiger partial charge >= 0.3 is 0 Å². The van der Waals surface area contributed by atoms with E-state index in [4.69, 9.17) is 14.2 Å². The Morgan fingerprint density at radius 2 is 1.71 bits per heavy atom. The first-order valence-electron chi connectivity index (χ1n) is 5.45. The molecule has 94 valence electrons. The number of hydrogen-bond acceptors (Lipinski definition) is 5. The third-order valence-corrected chi connectivity index (χ3v) is 3.93. The van der Waals surface area contributed by atoms with E-state index in [9.17, 15) is 0 Å². The summed E-state index contributed by atoms with van der Waals surface area (Å²) in [7, 11) is 4.94. The fourth-order valence-corrected chi connectivity index (χ4v) is 2.95. The first-order chi connectivity index (χ1) is 8.30. The van der Waals surface area contributed by atoms with Crippen LogP contribution in [0.25, 0.3) is 0 Å². The molecular formula is C12H17NO3S. The normalized spacial score (nSPS) is 19.1. The number of rotatable bonds is 4. The zero-order chi connectivity index (χ0) is 12.3. The second kappa shape index (κ2) is 5.51. The van der Waals surface area contributed by atoms with Crippen molar-refractivity contribution in [2.75, 3.05) is 33.6 Å². The Morgan fingerprint density at radius 3 is 2.24 bits per heavy atom. The van der Waals surface area contributed by atoms with Crippen molar-refractivity contribution in [3.8, 4) is 17.2 Å². The third kappa shape index (κ3) is 2.45. The van der Waals surface area contributed by atoms with E-state index in [2.05, 4.69) is 5.32 Å². The van der Waals surface area contributed by atoms with Gasteiger partial charge < -0.3 is 19.5 Å². The first-order valence-corrected chi connectivity index (χ1v) is 6.50. The van der Waals surface area contributed by atoms with E-state index < -0.39 is 0 Å². The van der Waals surface area contributed by atoms with Crippen LogP contribution >= 0.6 is 11.8 Å². The van der Waals surface area contributed by atoms with Crippen LogP contribution in [0.5, 0.6) is 17.2 Å². The summed E-state index contributed by atoms with van der Waals surface area (Å²) < 4.78 is 16.0. The van der Waals surface area contributed by atoms with Gasteiger partial charge in [0.2, 0.25) is 0 Å². The summed E-state index contributed by atoms with van der Waals surface area (Å²) in [6, 6.07) is 3.85. The van der Waals surface area contributed by atoms with Crippen molar-refractivity contribution in [1.82, 2.24) is 5.32 Å². The number of benzene rings is 1. The molecule has 1 fully saturated rings. The zero-order valence-electron chi connectivity index (χ0n) is 10.3. The highest BCUT2D eigenvalue weighted by atomic mass is 32.2. The highest BCUT2D eigenvalue weighted by Gasteiger charge is 2.22. The Kier molecular flexibility index (Phi) is 4.02. The van der Waals surface area contributed by atoms with Crippen molar-refractivity contribution >= 4 is 11.8 Å². The van der Waals surface area contributed by atoms with Crippen LogP contribution in [0.4, 0.5) is 0 Å². The molecule has 1 aliphatic heterocycles. The summed E-state index contributed by atoms with van der Waals surface area (Å²) in [4.78, 5) is 0. The summed E-state index contributed by atoms with van der Waals surface area (Å²) >= 11 is 1.87. The van der Waals surface area contributed by atoms with Gasteiger partial charge in [-0.3, -0.25) is 0 Å². The predicted octanol–water partition coefficient (Wildman–Crippen LogP) is 2.05. The van der Waals surface area contributed by atoms with Gasteiger partial charge in [0.25, 0.3) is 0 Å². The lowest BCUT2D eigenvalue weighted by Crippen LogP contribution is -2.13. The standard InChI is InChI=1S/C12H17NO3S/c1-14-9-7-11(16-3)10(15-2)6-8(9)12-13-4-5-17-12/h6-7,12-13H,4-5H2,1-3H3/t12-/m1/s1. The van der Waals surface area contributed by atoms with Crippen LogP contribution in [-0.2, 0) is 0 Å². The lowest BCUT2D eigenvalue weighted by Gasteiger charge is -2.17. The predicted molar refractivity (Wildman–Crippen MR) is 69.3 cm³/mol. The molecule has 0 radical (unpaired) electrons. The molecule has 0 aliphatic carbocycles. The third-order valence-electron chi connectivity index (χ3n) is 2.73. The molecule has 0 amide bonds. The van der Waals surface area contributed by atoms with Crippen LogP contribution in [0, 0.1) is 0 Å². The Labute approximate surface area is 106 Å². The summed E-state index contributed by atoms with van der Waals surface area (Å²) in [5, 5.41) is 3.69. The molecule has 2 rings (SSSR count). The minimum Gasteiger partial charge on any atom is -0.496 e. The molecule has 1 aromatic rings. The van der Waals surface area contributed by atoms with Gasteiger partial charge in [-0.2, -0.15) is 0 Å². The molecule has 0 saturated carbocycles. The lowest BCUT2D eigenvalue weighted by atomic mass is 10.1. The van der Waals surface area contributed by atoms with E-state index in [0.717, 1.165) is 29.4 Å². The van der Waals surface area contributed by atoms with Gasteiger partial charge in [0.15, 0.2) is 11.5 Å². The molecule has 0 spiro atoms. The maximum Gasteiger partial charge on any atom is 0.164 e. The van der Waals surface area contributed by atoms with Gasteiger partial charge in [-0.25, -0.2) is 0 Å². The smallest absolute Gasteiger partial charge is 0.164 e. The minimum atomic E-state index is 0.268. The van der Waals surface area contributed by atoms with Gasteiger partial charge in [0.1, 0.15) is 5.75 Å². The van der Waals surface area contributed by atoms with Crippen molar-refractivity contribution < 1.29 is 14.2 Å². The quantitative estimate of drug-likeness (QED) is 0.891. The summed E-state index contributed by atoms with van der Waals surface area (Å²) in [6.45, 7) is 1.02. The zero-order valence-corrected chi connectivity index (χ0v) is 11.1. The van der Waals surface area contributed by atoms with Crippen molar-refractivity contribution in [3.05, 3.63) is 17.7 Å². The van der Waals surface area contributed by atoms with Crippen molar-refractivity contribution in [1.29, 1.82) is 0 Å². The average Bonchev–Trinajstić information content (AvgIpc) is 2.90. The fraction of sp³-hybridized carbons (Fsp3) is 0.500. The second-order valence-electron chi connectivity index (χ2n) is 3.65. The van der Waals surface area contributed by atoms with Crippen LogP contribution in [0.3, 0.4) is 0 Å². The second-order valence-corrected chi connectivity index (χ2v) is 4.87. The summed E-state index contributed by atoms with van der Waals surface area (Å²) in [6.07, 6.45) is 0. The highest BCUT2D eigenvalue weighted by Crippen LogP contribution is 2.41. The molecule has 4 nitrogen and oxygen atoms in total. The SMILES string of the molecule is COc1cc(OC)c([C@@H]2NCCS2)cc1OC. The maximum absolute atomic E-state index is 5.41. The van der Waals surface area contributed by atoms with E-state index in [0.29, 0.717) is 5.75 Å². The lowest BCUT2D eigenvalue weighted by molar-refractivity contribution is 0.347. The van der Waals surface area contributed by atoms with E-state index >= 15 is 0 Å². The topological polar surface area (TPSA) is 39.7 Å². The molecule has 1 aromatic carbocycles. The molecule has 1 atom stereocenters. The Bertz CT molecular complexity index is 392. The van der Waals surface area contributed by atoms with E-state index in [-0.39, 0.29) is 5.37 Å². The van der Waals surface area contributed by atoms with E-state index in [1.807, 2.05) is 23.9 Å². The Morgan fingerprint density at radius 1 is 1.06 bits per heavy atom. The fourth-order valence-electron chi connectivity index (χ4n) is 1.88. The largest absolute Gasteiger partial charge is 0.496 e. The van der Waals surface area contributed by atoms with Gasteiger partial charge in [0.05, 0.1) is 26.7 Å². The van der Waals surface area contributed by atoms with Gasteiger partial charge in [-0.1, -0.05) is 0 Å². The van der Waals surface area contributed by atoms with Crippen LogP contribution in [0.1, 0.15) is 10.9 Å². The number of thioether (sulfide) groups is 1. The van der Waals surface area contributed by atoms with Gasteiger partial charge in [0, 0.05) is 23.9 Å².